The Balaban J connectivity index is 1.99. The zero-order valence-corrected chi connectivity index (χ0v) is 16.7. The predicted octanol–water partition coefficient (Wildman–Crippen LogP) is 4.58. The third-order valence-corrected chi connectivity index (χ3v) is 5.17. The number of nitrogens with zero attached hydrogens (tertiary/aromatic N) is 2. The van der Waals surface area contributed by atoms with Gasteiger partial charge in [-0.3, -0.25) is 4.98 Å². The van der Waals surface area contributed by atoms with Gasteiger partial charge in [0, 0.05) is 29.4 Å². The first-order valence-electron chi connectivity index (χ1n) is 9.15. The molecule has 0 radical (unpaired) electrons. The average molecular weight is 426 g/mol. The molecule has 0 aliphatic carbocycles. The van der Waals surface area contributed by atoms with E-state index in [0.29, 0.717) is 11.3 Å². The first-order valence-corrected chi connectivity index (χ1v) is 9.15. The number of pyridine rings is 1. The van der Waals surface area contributed by atoms with Crippen molar-refractivity contribution in [3.05, 3.63) is 59.8 Å². The minimum atomic E-state index is -4.97. The van der Waals surface area contributed by atoms with Crippen molar-refractivity contribution in [1.82, 2.24) is 9.71 Å². The molecule has 0 spiro atoms. The molecule has 2 heterocycles. The summed E-state index contributed by atoms with van der Waals surface area (Å²) in [6.45, 7) is 2.98. The van der Waals surface area contributed by atoms with Crippen molar-refractivity contribution in [3.63, 3.8) is 0 Å². The molecule has 9 heteroatoms. The monoisotopic (exact) mass is 426 g/mol. The molecule has 0 saturated carbocycles. The van der Waals surface area contributed by atoms with E-state index in [9.17, 15) is 27.9 Å². The van der Waals surface area contributed by atoms with Gasteiger partial charge in [0.15, 0.2) is 5.60 Å². The minimum Gasteiger partial charge on any atom is -0.496 e. The molecule has 3 rings (SSSR count). The molecule has 2 aliphatic heterocycles. The van der Waals surface area contributed by atoms with E-state index < -0.39 is 35.9 Å². The summed E-state index contributed by atoms with van der Waals surface area (Å²) >= 11 is 0. The van der Waals surface area contributed by atoms with E-state index in [4.69, 9.17) is 4.74 Å². The standard InChI is InChI=1S/C21H22F4N2O3/c1-19(2,16-9-14(22)4-5-18(16)30-3)12-20(28,21(23,24)25)10-15-8-13-6-7-27(29)11-17(13)26-15/h4-9,11,28-29H,10,12H2,1-3H3. The Bertz CT molecular complexity index is 1020. The predicted molar refractivity (Wildman–Crippen MR) is 101 cm³/mol. The lowest BCUT2D eigenvalue weighted by Gasteiger charge is -2.38. The summed E-state index contributed by atoms with van der Waals surface area (Å²) in [6.07, 6.45) is -3.92. The molecule has 0 amide bonds. The Hall–Kier alpha value is -2.81. The number of methoxy groups -OCH3 is 1. The fraction of sp³-hybridized carbons (Fsp3) is 0.381. The third-order valence-electron chi connectivity index (χ3n) is 5.17. The number of rotatable bonds is 6. The summed E-state index contributed by atoms with van der Waals surface area (Å²) in [7, 11) is 1.34. The van der Waals surface area contributed by atoms with E-state index in [2.05, 4.69) is 4.98 Å². The van der Waals surface area contributed by atoms with Crippen molar-refractivity contribution in [3.8, 4) is 17.0 Å². The summed E-state index contributed by atoms with van der Waals surface area (Å²) in [5.41, 5.74) is -3.33. The normalized spacial score (nSPS) is 14.7. The molecular formula is C21H22F4N2O3. The molecule has 0 aromatic heterocycles. The van der Waals surface area contributed by atoms with Crippen LogP contribution in [0.1, 0.15) is 31.5 Å². The first-order chi connectivity index (χ1) is 13.8. The molecule has 1 unspecified atom stereocenters. The molecule has 5 nitrogen and oxygen atoms in total. The van der Waals surface area contributed by atoms with Crippen molar-refractivity contribution < 1.29 is 32.6 Å². The second-order valence-electron chi connectivity index (χ2n) is 8.02. The third kappa shape index (κ3) is 4.21. The number of hydrogen-bond acceptors (Lipinski definition) is 4. The van der Waals surface area contributed by atoms with Crippen LogP contribution in [0.15, 0.2) is 42.7 Å². The molecule has 2 aliphatic rings. The smallest absolute Gasteiger partial charge is 0.417 e. The fourth-order valence-corrected chi connectivity index (χ4v) is 3.76. The van der Waals surface area contributed by atoms with Crippen LogP contribution in [0.2, 0.25) is 0 Å². The van der Waals surface area contributed by atoms with Gasteiger partial charge in [-0.2, -0.15) is 17.9 Å². The lowest BCUT2D eigenvalue weighted by atomic mass is 9.73. The highest BCUT2D eigenvalue weighted by Gasteiger charge is 2.56. The second kappa shape index (κ2) is 7.46. The summed E-state index contributed by atoms with van der Waals surface area (Å²) in [4.78, 5) is 4.10. The van der Waals surface area contributed by atoms with Crippen LogP contribution in [0.3, 0.4) is 0 Å². The highest BCUT2D eigenvalue weighted by Crippen LogP contribution is 2.45. The highest BCUT2D eigenvalue weighted by molar-refractivity contribution is 5.61. The Morgan fingerprint density at radius 2 is 1.83 bits per heavy atom. The van der Waals surface area contributed by atoms with Gasteiger partial charge in [0.05, 0.1) is 19.0 Å². The lowest BCUT2D eigenvalue weighted by Crippen LogP contribution is -2.51. The quantitative estimate of drug-likeness (QED) is 0.447. The van der Waals surface area contributed by atoms with Crippen molar-refractivity contribution in [2.75, 3.05) is 7.11 Å². The summed E-state index contributed by atoms with van der Waals surface area (Å²) in [5, 5.41) is 20.2. The van der Waals surface area contributed by atoms with E-state index in [1.54, 1.807) is 0 Å². The molecule has 1 aromatic carbocycles. The van der Waals surface area contributed by atoms with Gasteiger partial charge < -0.3 is 15.1 Å². The van der Waals surface area contributed by atoms with Crippen LogP contribution in [-0.4, -0.2) is 38.9 Å². The largest absolute Gasteiger partial charge is 0.496 e. The Morgan fingerprint density at radius 1 is 1.13 bits per heavy atom. The molecule has 0 saturated heterocycles. The van der Waals surface area contributed by atoms with Crippen molar-refractivity contribution in [2.45, 2.75) is 43.9 Å². The minimum absolute atomic E-state index is 0.0260. The van der Waals surface area contributed by atoms with E-state index >= 15 is 0 Å². The van der Waals surface area contributed by atoms with Crippen LogP contribution in [0.5, 0.6) is 5.75 Å². The molecule has 2 N–H and O–H groups in total. The van der Waals surface area contributed by atoms with Gasteiger partial charge >= 0.3 is 6.18 Å². The number of aromatic nitrogens is 2. The number of ether oxygens (including phenoxy) is 1. The van der Waals surface area contributed by atoms with E-state index in [-0.39, 0.29) is 17.0 Å². The van der Waals surface area contributed by atoms with Crippen LogP contribution in [0.25, 0.3) is 11.3 Å². The number of aliphatic hydroxyl groups is 1. The van der Waals surface area contributed by atoms with E-state index in [0.717, 1.165) is 16.9 Å². The molecule has 1 atom stereocenters. The average Bonchev–Trinajstić information content (AvgIpc) is 3.01. The number of benzene rings is 1. The Morgan fingerprint density at radius 3 is 2.47 bits per heavy atom. The van der Waals surface area contributed by atoms with Gasteiger partial charge in [-0.05, 0) is 42.2 Å². The van der Waals surface area contributed by atoms with Gasteiger partial charge in [-0.25, -0.2) is 4.39 Å². The van der Waals surface area contributed by atoms with Gasteiger partial charge in [0.1, 0.15) is 11.6 Å². The van der Waals surface area contributed by atoms with E-state index in [1.807, 2.05) is 0 Å². The van der Waals surface area contributed by atoms with E-state index in [1.165, 1.54) is 51.6 Å². The zero-order chi connectivity index (χ0) is 22.3. The van der Waals surface area contributed by atoms with Crippen LogP contribution >= 0.6 is 0 Å². The van der Waals surface area contributed by atoms with Crippen molar-refractivity contribution in [2.24, 2.45) is 0 Å². The molecule has 0 bridgehead atoms. The maximum atomic E-state index is 14.0. The molecule has 0 fully saturated rings. The molecular weight excluding hydrogens is 404 g/mol. The zero-order valence-electron chi connectivity index (χ0n) is 16.7. The van der Waals surface area contributed by atoms with Crippen LogP contribution in [-0.2, 0) is 11.8 Å². The maximum absolute atomic E-state index is 14.0. The van der Waals surface area contributed by atoms with Gasteiger partial charge in [0.25, 0.3) is 0 Å². The summed E-state index contributed by atoms with van der Waals surface area (Å²) < 4.78 is 61.7. The van der Waals surface area contributed by atoms with Gasteiger partial charge in [0.2, 0.25) is 0 Å². The fourth-order valence-electron chi connectivity index (χ4n) is 3.76. The number of fused-ring (bicyclic) bond motifs is 1. The van der Waals surface area contributed by atoms with Crippen LogP contribution in [0, 0.1) is 5.82 Å². The maximum Gasteiger partial charge on any atom is 0.417 e. The lowest BCUT2D eigenvalue weighted by molar-refractivity contribution is -0.266. The van der Waals surface area contributed by atoms with Crippen LogP contribution < -0.4 is 4.74 Å². The molecule has 1 aromatic rings. The van der Waals surface area contributed by atoms with Crippen molar-refractivity contribution in [1.29, 1.82) is 0 Å². The second-order valence-corrected chi connectivity index (χ2v) is 8.02. The Labute approximate surface area is 170 Å². The van der Waals surface area contributed by atoms with Gasteiger partial charge in [-0.15, -0.1) is 0 Å². The highest BCUT2D eigenvalue weighted by atomic mass is 19.4. The molecule has 30 heavy (non-hydrogen) atoms. The molecule has 162 valence electrons. The van der Waals surface area contributed by atoms with Gasteiger partial charge in [-0.1, -0.05) is 13.8 Å². The Kier molecular flexibility index (Phi) is 5.44. The van der Waals surface area contributed by atoms with Crippen molar-refractivity contribution >= 4 is 0 Å². The SMILES string of the molecule is COc1ccc(F)cc1C(C)(C)CC(O)(Cc1cc2ccn(O)cc-2n1)C(F)(F)F. The first kappa shape index (κ1) is 21.9. The topological polar surface area (TPSA) is 67.5 Å². The number of alkyl halides is 3. The number of hydrogen-bond donors (Lipinski definition) is 2. The summed E-state index contributed by atoms with van der Waals surface area (Å²) in [6, 6.07) is 6.54. The van der Waals surface area contributed by atoms with Crippen LogP contribution in [0.4, 0.5) is 17.6 Å². The summed E-state index contributed by atoms with van der Waals surface area (Å²) in [5.74, 6) is -0.383. The number of halogens is 4.